The molecule has 0 saturated heterocycles. The quantitative estimate of drug-likeness (QED) is 0.822. The maximum absolute atomic E-state index is 10.1. The second kappa shape index (κ2) is 6.95. The van der Waals surface area contributed by atoms with E-state index in [1.807, 2.05) is 26.0 Å². The van der Waals surface area contributed by atoms with Crippen LogP contribution in [0.15, 0.2) is 12.1 Å². The number of benzene rings is 1. The van der Waals surface area contributed by atoms with Gasteiger partial charge in [-0.25, -0.2) is 0 Å². The minimum absolute atomic E-state index is 0.00943. The molecule has 0 unspecified atom stereocenters. The summed E-state index contributed by atoms with van der Waals surface area (Å²) >= 11 is 2.14. The van der Waals surface area contributed by atoms with Gasteiger partial charge in [-0.3, -0.25) is 4.90 Å². The largest absolute Gasteiger partial charge is 0.506 e. The van der Waals surface area contributed by atoms with Gasteiger partial charge in [-0.15, -0.1) is 0 Å². The summed E-state index contributed by atoms with van der Waals surface area (Å²) in [6.45, 7) is 8.30. The number of nitriles is 1. The lowest BCUT2D eigenvalue weighted by atomic mass is 10.1. The molecule has 98 valence electrons. The number of halogens is 1. The first-order valence-electron chi connectivity index (χ1n) is 6.08. The van der Waals surface area contributed by atoms with Crippen molar-refractivity contribution in [2.45, 2.75) is 27.3 Å². The van der Waals surface area contributed by atoms with Gasteiger partial charge in [0.2, 0.25) is 0 Å². The van der Waals surface area contributed by atoms with Crippen LogP contribution in [-0.2, 0) is 6.54 Å². The Morgan fingerprint density at radius 1 is 1.50 bits per heavy atom. The molecule has 0 amide bonds. The first kappa shape index (κ1) is 15.3. The second-order valence-corrected chi connectivity index (χ2v) is 5.71. The third kappa shape index (κ3) is 3.85. The highest BCUT2D eigenvalue weighted by atomic mass is 127. The van der Waals surface area contributed by atoms with Gasteiger partial charge in [-0.05, 0) is 54.6 Å². The monoisotopic (exact) mass is 358 g/mol. The highest BCUT2D eigenvalue weighted by Crippen LogP contribution is 2.28. The van der Waals surface area contributed by atoms with Gasteiger partial charge in [-0.2, -0.15) is 5.26 Å². The fourth-order valence-electron chi connectivity index (χ4n) is 1.87. The zero-order valence-corrected chi connectivity index (χ0v) is 13.2. The molecule has 3 nitrogen and oxygen atoms in total. The molecule has 18 heavy (non-hydrogen) atoms. The molecule has 0 bridgehead atoms. The Balaban J connectivity index is 2.89. The van der Waals surface area contributed by atoms with Crippen molar-refractivity contribution >= 4 is 22.6 Å². The van der Waals surface area contributed by atoms with Crippen LogP contribution in [0, 0.1) is 27.7 Å². The minimum atomic E-state index is 0.00943. The molecule has 0 aromatic heterocycles. The van der Waals surface area contributed by atoms with Crippen LogP contribution >= 0.6 is 22.6 Å². The predicted molar refractivity (Wildman–Crippen MR) is 81.3 cm³/mol. The molecule has 0 aliphatic carbocycles. The molecule has 0 aliphatic rings. The summed E-state index contributed by atoms with van der Waals surface area (Å²) in [5, 5.41) is 19.0. The van der Waals surface area contributed by atoms with Gasteiger partial charge in [0.15, 0.2) is 0 Å². The van der Waals surface area contributed by atoms with Crippen molar-refractivity contribution in [3.8, 4) is 11.8 Å². The summed E-state index contributed by atoms with van der Waals surface area (Å²) in [5.41, 5.74) is 2.06. The lowest BCUT2D eigenvalue weighted by Crippen LogP contribution is -2.28. The Hall–Kier alpha value is -0.800. The smallest absolute Gasteiger partial charge is 0.133 e. The molecular formula is C14H19IN2O. The van der Waals surface area contributed by atoms with E-state index in [1.54, 1.807) is 0 Å². The van der Waals surface area contributed by atoms with Gasteiger partial charge in [-0.1, -0.05) is 13.0 Å². The van der Waals surface area contributed by atoms with Gasteiger partial charge in [0.1, 0.15) is 5.75 Å². The van der Waals surface area contributed by atoms with Crippen molar-refractivity contribution in [1.82, 2.24) is 4.90 Å². The average molecular weight is 358 g/mol. The van der Waals surface area contributed by atoms with E-state index >= 15 is 0 Å². The van der Waals surface area contributed by atoms with Crippen molar-refractivity contribution < 1.29 is 5.11 Å². The van der Waals surface area contributed by atoms with Crippen LogP contribution in [0.2, 0.25) is 0 Å². The van der Waals surface area contributed by atoms with Crippen molar-refractivity contribution in [3.05, 3.63) is 26.8 Å². The number of rotatable bonds is 5. The van der Waals surface area contributed by atoms with Crippen molar-refractivity contribution in [1.29, 1.82) is 5.26 Å². The van der Waals surface area contributed by atoms with Crippen molar-refractivity contribution in [3.63, 3.8) is 0 Å². The van der Waals surface area contributed by atoms with Crippen LogP contribution in [-0.4, -0.2) is 23.1 Å². The number of nitrogens with zero attached hydrogens (tertiary/aromatic N) is 2. The van der Waals surface area contributed by atoms with Crippen LogP contribution in [0.25, 0.3) is 0 Å². The highest BCUT2D eigenvalue weighted by Gasteiger charge is 2.14. The molecule has 1 aromatic rings. The molecule has 0 spiro atoms. The van der Waals surface area contributed by atoms with E-state index < -0.39 is 0 Å². The molecule has 1 aromatic carbocycles. The number of aromatic hydroxyl groups is 1. The molecule has 0 fully saturated rings. The number of hydrogen-bond acceptors (Lipinski definition) is 3. The van der Waals surface area contributed by atoms with E-state index in [-0.39, 0.29) is 5.92 Å². The first-order chi connectivity index (χ1) is 8.49. The number of aryl methyl sites for hydroxylation is 1. The van der Waals surface area contributed by atoms with Crippen LogP contribution in [0.5, 0.6) is 5.75 Å². The Morgan fingerprint density at radius 3 is 2.72 bits per heavy atom. The Labute approximate surface area is 123 Å². The van der Waals surface area contributed by atoms with Crippen molar-refractivity contribution in [2.75, 3.05) is 13.1 Å². The molecular weight excluding hydrogens is 339 g/mol. The van der Waals surface area contributed by atoms with E-state index in [9.17, 15) is 5.11 Å². The highest BCUT2D eigenvalue weighted by molar-refractivity contribution is 14.1. The van der Waals surface area contributed by atoms with Crippen LogP contribution in [0.3, 0.4) is 0 Å². The summed E-state index contributed by atoms with van der Waals surface area (Å²) in [6.07, 6.45) is 0. The van der Waals surface area contributed by atoms with Crippen LogP contribution < -0.4 is 0 Å². The topological polar surface area (TPSA) is 47.3 Å². The third-order valence-corrected chi connectivity index (χ3v) is 3.92. The summed E-state index contributed by atoms with van der Waals surface area (Å²) in [5.74, 6) is 0.383. The molecule has 1 rings (SSSR count). The Kier molecular flexibility index (Phi) is 5.89. The predicted octanol–water partition coefficient (Wildman–Crippen LogP) is 3.29. The lowest BCUT2D eigenvalue weighted by molar-refractivity contribution is 0.256. The molecule has 0 heterocycles. The van der Waals surface area contributed by atoms with Gasteiger partial charge < -0.3 is 5.11 Å². The molecule has 1 atom stereocenters. The molecule has 0 aliphatic heterocycles. The number of hydrogen-bond donors (Lipinski definition) is 1. The Bertz CT molecular complexity index is 454. The number of phenolic OH excluding ortho intramolecular Hbond substituents is 1. The fourth-order valence-corrected chi connectivity index (χ4v) is 2.37. The lowest BCUT2D eigenvalue weighted by Gasteiger charge is -2.23. The van der Waals surface area contributed by atoms with E-state index in [2.05, 4.69) is 40.5 Å². The van der Waals surface area contributed by atoms with E-state index in [0.717, 1.165) is 27.8 Å². The molecule has 0 radical (unpaired) electrons. The van der Waals surface area contributed by atoms with Crippen LogP contribution in [0.4, 0.5) is 0 Å². The zero-order valence-electron chi connectivity index (χ0n) is 11.1. The Morgan fingerprint density at radius 2 is 2.17 bits per heavy atom. The summed E-state index contributed by atoms with van der Waals surface area (Å²) < 4.78 is 0.873. The minimum Gasteiger partial charge on any atom is -0.506 e. The SMILES string of the molecule is CCN(Cc1c(C)ccc(I)c1O)C[C@H](C)C#N. The van der Waals surface area contributed by atoms with Gasteiger partial charge in [0, 0.05) is 18.7 Å². The zero-order chi connectivity index (χ0) is 13.7. The van der Waals surface area contributed by atoms with E-state index in [1.165, 1.54) is 0 Å². The second-order valence-electron chi connectivity index (χ2n) is 4.55. The van der Waals surface area contributed by atoms with Gasteiger partial charge in [0.25, 0.3) is 0 Å². The molecule has 1 N–H and O–H groups in total. The van der Waals surface area contributed by atoms with Crippen LogP contribution in [0.1, 0.15) is 25.0 Å². The number of phenols is 1. The summed E-state index contributed by atoms with van der Waals surface area (Å²) in [4.78, 5) is 2.19. The van der Waals surface area contributed by atoms with Gasteiger partial charge in [0.05, 0.1) is 15.6 Å². The maximum Gasteiger partial charge on any atom is 0.133 e. The van der Waals surface area contributed by atoms with E-state index in [4.69, 9.17) is 5.26 Å². The summed E-state index contributed by atoms with van der Waals surface area (Å²) in [6, 6.07) is 6.20. The molecule has 4 heteroatoms. The van der Waals surface area contributed by atoms with E-state index in [0.29, 0.717) is 12.3 Å². The first-order valence-corrected chi connectivity index (χ1v) is 7.16. The van der Waals surface area contributed by atoms with Crippen molar-refractivity contribution in [2.24, 2.45) is 5.92 Å². The third-order valence-electron chi connectivity index (χ3n) is 3.05. The summed E-state index contributed by atoms with van der Waals surface area (Å²) in [7, 11) is 0. The average Bonchev–Trinajstić information content (AvgIpc) is 2.37. The standard InChI is InChI=1S/C14H19IN2O/c1-4-17(8-10(2)7-16)9-12-11(3)5-6-13(15)14(12)18/h5-6,10,18H,4,8-9H2,1-3H3/t10-/m1/s1. The van der Waals surface area contributed by atoms with Gasteiger partial charge >= 0.3 is 0 Å². The normalized spacial score (nSPS) is 12.4. The maximum atomic E-state index is 10.1. The molecule has 0 saturated carbocycles. The fraction of sp³-hybridized carbons (Fsp3) is 0.500.